The van der Waals surface area contributed by atoms with Crippen molar-refractivity contribution in [3.63, 3.8) is 0 Å². The summed E-state index contributed by atoms with van der Waals surface area (Å²) in [6.07, 6.45) is 0.374. The molecule has 0 amide bonds. The van der Waals surface area contributed by atoms with Gasteiger partial charge in [-0.2, -0.15) is 0 Å². The van der Waals surface area contributed by atoms with E-state index in [9.17, 15) is 15.3 Å². The van der Waals surface area contributed by atoms with Crippen LogP contribution in [0.3, 0.4) is 0 Å². The number of aryl methyl sites for hydroxylation is 1. The van der Waals surface area contributed by atoms with Crippen LogP contribution in [0.2, 0.25) is 0 Å². The molecular weight excluding hydrogens is 312 g/mol. The first-order chi connectivity index (χ1) is 12.0. The summed E-state index contributed by atoms with van der Waals surface area (Å²) in [5.41, 5.74) is 2.57. The molecule has 0 aliphatic rings. The van der Waals surface area contributed by atoms with Gasteiger partial charge < -0.3 is 15.3 Å². The molecule has 0 atom stereocenters. The van der Waals surface area contributed by atoms with Gasteiger partial charge in [-0.3, -0.25) is 0 Å². The van der Waals surface area contributed by atoms with Crippen LogP contribution in [0.5, 0.6) is 17.2 Å². The van der Waals surface area contributed by atoms with Crippen LogP contribution in [0, 0.1) is 6.92 Å². The van der Waals surface area contributed by atoms with E-state index in [4.69, 9.17) is 0 Å². The Balaban J connectivity index is 1.97. The fourth-order valence-electron chi connectivity index (χ4n) is 3.39. The summed E-state index contributed by atoms with van der Waals surface area (Å²) in [4.78, 5) is 0. The topological polar surface area (TPSA) is 60.7 Å². The van der Waals surface area contributed by atoms with Gasteiger partial charge in [-0.05, 0) is 52.7 Å². The van der Waals surface area contributed by atoms with E-state index in [-0.39, 0.29) is 17.2 Å². The first-order valence-corrected chi connectivity index (χ1v) is 8.18. The molecule has 0 fully saturated rings. The predicted molar refractivity (Wildman–Crippen MR) is 100 cm³/mol. The van der Waals surface area contributed by atoms with Gasteiger partial charge in [-0.15, -0.1) is 0 Å². The third-order valence-electron chi connectivity index (χ3n) is 4.71. The van der Waals surface area contributed by atoms with Gasteiger partial charge in [-0.25, -0.2) is 0 Å². The molecule has 0 heterocycles. The normalized spacial score (nSPS) is 11.2. The maximum atomic E-state index is 10.4. The molecule has 0 aromatic heterocycles. The van der Waals surface area contributed by atoms with Crippen LogP contribution in [0.1, 0.15) is 16.7 Å². The lowest BCUT2D eigenvalue weighted by Gasteiger charge is -2.13. The Hall–Kier alpha value is -3.20. The van der Waals surface area contributed by atoms with Gasteiger partial charge in [0.15, 0.2) is 0 Å². The highest BCUT2D eigenvalue weighted by Crippen LogP contribution is 2.36. The fourth-order valence-corrected chi connectivity index (χ4v) is 3.39. The van der Waals surface area contributed by atoms with Crippen molar-refractivity contribution >= 4 is 21.5 Å². The summed E-state index contributed by atoms with van der Waals surface area (Å²) in [5.74, 6) is 0.508. The average molecular weight is 330 g/mol. The number of benzene rings is 4. The molecule has 0 spiro atoms. The van der Waals surface area contributed by atoms with Gasteiger partial charge in [0.2, 0.25) is 0 Å². The second-order valence-electron chi connectivity index (χ2n) is 6.43. The summed E-state index contributed by atoms with van der Waals surface area (Å²) in [6, 6.07) is 18.3. The fraction of sp³-hybridized carbons (Fsp3) is 0.0909. The van der Waals surface area contributed by atoms with E-state index in [1.807, 2.05) is 43.3 Å². The minimum atomic E-state index is 0.150. The molecule has 124 valence electrons. The maximum Gasteiger partial charge on any atom is 0.119 e. The molecule has 0 aliphatic carbocycles. The Morgan fingerprint density at radius 2 is 1.16 bits per heavy atom. The molecule has 4 aromatic carbocycles. The Morgan fingerprint density at radius 3 is 1.80 bits per heavy atom. The van der Waals surface area contributed by atoms with Crippen molar-refractivity contribution in [1.82, 2.24) is 0 Å². The summed E-state index contributed by atoms with van der Waals surface area (Å²) in [7, 11) is 0. The third-order valence-corrected chi connectivity index (χ3v) is 4.71. The van der Waals surface area contributed by atoms with Crippen LogP contribution in [0.25, 0.3) is 21.5 Å². The Morgan fingerprint density at radius 1 is 0.640 bits per heavy atom. The van der Waals surface area contributed by atoms with Crippen molar-refractivity contribution in [3.8, 4) is 17.2 Å². The molecule has 0 radical (unpaired) electrons. The van der Waals surface area contributed by atoms with E-state index in [0.29, 0.717) is 12.0 Å². The lowest BCUT2D eigenvalue weighted by Crippen LogP contribution is -1.94. The highest BCUT2D eigenvalue weighted by atomic mass is 16.3. The molecule has 25 heavy (non-hydrogen) atoms. The standard InChI is InChI=1S/C22H18O3/c1-13-2-3-14-5-8-21(24)19(17(14)10-13)12-20-18-11-16(23)7-4-15(18)6-9-22(20)25/h2-11,23-25H,12H2,1H3. The number of fused-ring (bicyclic) bond motifs is 2. The van der Waals surface area contributed by atoms with Crippen molar-refractivity contribution < 1.29 is 15.3 Å². The van der Waals surface area contributed by atoms with Gasteiger partial charge >= 0.3 is 0 Å². The lowest BCUT2D eigenvalue weighted by molar-refractivity contribution is 0.464. The summed E-state index contributed by atoms with van der Waals surface area (Å²) in [6.45, 7) is 2.01. The van der Waals surface area contributed by atoms with Crippen molar-refractivity contribution in [2.45, 2.75) is 13.3 Å². The molecule has 0 bridgehead atoms. The predicted octanol–water partition coefficient (Wildman–Crippen LogP) is 5.01. The monoisotopic (exact) mass is 330 g/mol. The molecule has 4 aromatic rings. The van der Waals surface area contributed by atoms with Crippen molar-refractivity contribution in [2.75, 3.05) is 0 Å². The first-order valence-electron chi connectivity index (χ1n) is 8.18. The minimum Gasteiger partial charge on any atom is -0.508 e. The Bertz CT molecular complexity index is 1010. The molecular formula is C22H18O3. The second kappa shape index (κ2) is 5.71. The van der Waals surface area contributed by atoms with Crippen LogP contribution < -0.4 is 0 Å². The van der Waals surface area contributed by atoms with E-state index in [2.05, 4.69) is 0 Å². The van der Waals surface area contributed by atoms with Gasteiger partial charge in [0.1, 0.15) is 17.2 Å². The van der Waals surface area contributed by atoms with Crippen LogP contribution in [0.15, 0.2) is 60.7 Å². The van der Waals surface area contributed by atoms with Crippen LogP contribution >= 0.6 is 0 Å². The number of hydrogen-bond acceptors (Lipinski definition) is 3. The van der Waals surface area contributed by atoms with Gasteiger partial charge in [0, 0.05) is 17.5 Å². The second-order valence-corrected chi connectivity index (χ2v) is 6.43. The van der Waals surface area contributed by atoms with E-state index < -0.39 is 0 Å². The van der Waals surface area contributed by atoms with E-state index >= 15 is 0 Å². The number of phenolic OH excluding ortho intramolecular Hbond substituents is 3. The number of rotatable bonds is 2. The quantitative estimate of drug-likeness (QED) is 0.484. The summed E-state index contributed by atoms with van der Waals surface area (Å²) in [5, 5.41) is 34.4. The van der Waals surface area contributed by atoms with Crippen molar-refractivity contribution in [1.29, 1.82) is 0 Å². The Labute approximate surface area is 145 Å². The van der Waals surface area contributed by atoms with Gasteiger partial charge in [-0.1, -0.05) is 42.0 Å². The maximum absolute atomic E-state index is 10.4. The van der Waals surface area contributed by atoms with Gasteiger partial charge in [0.05, 0.1) is 0 Å². The highest BCUT2D eigenvalue weighted by molar-refractivity contribution is 5.92. The summed E-state index contributed by atoms with van der Waals surface area (Å²) >= 11 is 0. The molecule has 3 N–H and O–H groups in total. The molecule has 3 heteroatoms. The zero-order valence-electron chi connectivity index (χ0n) is 13.8. The van der Waals surface area contributed by atoms with Gasteiger partial charge in [0.25, 0.3) is 0 Å². The van der Waals surface area contributed by atoms with Crippen LogP contribution in [-0.2, 0) is 6.42 Å². The van der Waals surface area contributed by atoms with Crippen molar-refractivity contribution in [3.05, 3.63) is 77.4 Å². The number of aromatic hydroxyl groups is 3. The number of phenols is 3. The van der Waals surface area contributed by atoms with E-state index in [1.54, 1.807) is 24.3 Å². The smallest absolute Gasteiger partial charge is 0.119 e. The molecule has 0 aliphatic heterocycles. The molecule has 4 rings (SSSR count). The largest absolute Gasteiger partial charge is 0.508 e. The van der Waals surface area contributed by atoms with Crippen LogP contribution in [0.4, 0.5) is 0 Å². The molecule has 3 nitrogen and oxygen atoms in total. The molecule has 0 saturated carbocycles. The molecule has 0 unspecified atom stereocenters. The van der Waals surface area contributed by atoms with E-state index in [0.717, 1.165) is 32.7 Å². The van der Waals surface area contributed by atoms with Crippen LogP contribution in [-0.4, -0.2) is 15.3 Å². The Kier molecular flexibility index (Phi) is 3.50. The third kappa shape index (κ3) is 2.64. The highest BCUT2D eigenvalue weighted by Gasteiger charge is 2.14. The zero-order chi connectivity index (χ0) is 17.6. The van der Waals surface area contributed by atoms with E-state index in [1.165, 1.54) is 0 Å². The summed E-state index contributed by atoms with van der Waals surface area (Å²) < 4.78 is 0. The number of hydrogen-bond donors (Lipinski definition) is 3. The SMILES string of the molecule is Cc1ccc2ccc(O)c(Cc3c(O)ccc4ccc(O)cc34)c2c1. The molecule has 0 saturated heterocycles. The zero-order valence-corrected chi connectivity index (χ0v) is 13.8. The lowest BCUT2D eigenvalue weighted by atomic mass is 9.93. The first kappa shape index (κ1) is 15.3. The van der Waals surface area contributed by atoms with Crippen molar-refractivity contribution in [2.24, 2.45) is 0 Å². The minimum absolute atomic E-state index is 0.150. The average Bonchev–Trinajstić information content (AvgIpc) is 2.59.